The number of hydrogen-bond donors (Lipinski definition) is 1. The van der Waals surface area contributed by atoms with Gasteiger partial charge >= 0.3 is 5.97 Å². The van der Waals surface area contributed by atoms with Gasteiger partial charge in [-0.15, -0.1) is 0 Å². The van der Waals surface area contributed by atoms with Crippen molar-refractivity contribution < 1.29 is 23.8 Å². The van der Waals surface area contributed by atoms with Crippen molar-refractivity contribution >= 4 is 27.8 Å². The van der Waals surface area contributed by atoms with E-state index in [1.165, 1.54) is 26.4 Å². The molecule has 0 unspecified atom stereocenters. The van der Waals surface area contributed by atoms with E-state index in [9.17, 15) is 9.59 Å². The van der Waals surface area contributed by atoms with Gasteiger partial charge in [0.15, 0.2) is 6.61 Å². The van der Waals surface area contributed by atoms with Crippen LogP contribution >= 0.6 is 15.9 Å². The van der Waals surface area contributed by atoms with Crippen LogP contribution in [0.3, 0.4) is 0 Å². The molecule has 0 saturated heterocycles. The summed E-state index contributed by atoms with van der Waals surface area (Å²) in [6, 6.07) is 12.2. The summed E-state index contributed by atoms with van der Waals surface area (Å²) in [6.07, 6.45) is 0. The fourth-order valence-electron chi connectivity index (χ4n) is 2.04. The summed E-state index contributed by atoms with van der Waals surface area (Å²) < 4.78 is 16.2. The van der Waals surface area contributed by atoms with Gasteiger partial charge in [-0.25, -0.2) is 4.79 Å². The Morgan fingerprint density at radius 1 is 1.04 bits per heavy atom. The third-order valence-electron chi connectivity index (χ3n) is 3.30. The molecular formula is C18H18BrNO5. The number of ether oxygens (including phenoxy) is 3. The highest BCUT2D eigenvalue weighted by atomic mass is 79.9. The van der Waals surface area contributed by atoms with E-state index in [-0.39, 0.29) is 18.1 Å². The number of benzene rings is 2. The molecule has 0 aliphatic carbocycles. The molecule has 0 radical (unpaired) electrons. The first-order valence-corrected chi connectivity index (χ1v) is 8.22. The molecule has 2 aromatic carbocycles. The summed E-state index contributed by atoms with van der Waals surface area (Å²) in [5.74, 6) is -0.0891. The molecule has 1 amide bonds. The number of carbonyl (C=O) groups is 2. The van der Waals surface area contributed by atoms with Gasteiger partial charge in [0, 0.05) is 17.1 Å². The maximum atomic E-state index is 12.1. The van der Waals surface area contributed by atoms with E-state index in [0.717, 1.165) is 10.0 Å². The van der Waals surface area contributed by atoms with Gasteiger partial charge < -0.3 is 19.5 Å². The molecule has 0 bridgehead atoms. The van der Waals surface area contributed by atoms with Crippen LogP contribution in [0.2, 0.25) is 0 Å². The van der Waals surface area contributed by atoms with E-state index >= 15 is 0 Å². The molecule has 0 spiro atoms. The minimum absolute atomic E-state index is 0.246. The van der Waals surface area contributed by atoms with Gasteiger partial charge in [-0.3, -0.25) is 4.79 Å². The Morgan fingerprint density at radius 2 is 1.72 bits per heavy atom. The zero-order valence-electron chi connectivity index (χ0n) is 13.9. The van der Waals surface area contributed by atoms with Crippen LogP contribution in [0.15, 0.2) is 46.9 Å². The molecule has 0 saturated carbocycles. The van der Waals surface area contributed by atoms with E-state index in [2.05, 4.69) is 21.2 Å². The van der Waals surface area contributed by atoms with Crippen LogP contribution in [-0.4, -0.2) is 32.7 Å². The fourth-order valence-corrected chi connectivity index (χ4v) is 2.48. The molecule has 0 fully saturated rings. The molecule has 0 heterocycles. The maximum Gasteiger partial charge on any atom is 0.338 e. The van der Waals surface area contributed by atoms with E-state index in [4.69, 9.17) is 14.2 Å². The molecule has 7 heteroatoms. The van der Waals surface area contributed by atoms with Crippen molar-refractivity contribution in [3.05, 3.63) is 58.1 Å². The lowest BCUT2D eigenvalue weighted by Crippen LogP contribution is -2.28. The Hall–Kier alpha value is -2.54. The Kier molecular flexibility index (Phi) is 6.82. The third-order valence-corrected chi connectivity index (χ3v) is 3.79. The molecule has 0 aliphatic heterocycles. The zero-order valence-corrected chi connectivity index (χ0v) is 15.5. The van der Waals surface area contributed by atoms with Crippen LogP contribution in [0.25, 0.3) is 0 Å². The molecule has 0 atom stereocenters. The average molecular weight is 408 g/mol. The van der Waals surface area contributed by atoms with Crippen molar-refractivity contribution in [3.8, 4) is 11.5 Å². The first kappa shape index (κ1) is 18.8. The number of rotatable bonds is 7. The summed E-state index contributed by atoms with van der Waals surface area (Å²) in [5, 5.41) is 2.69. The second-order valence-corrected chi connectivity index (χ2v) is 6.00. The van der Waals surface area contributed by atoms with Crippen LogP contribution in [0.5, 0.6) is 11.5 Å². The largest absolute Gasteiger partial charge is 0.497 e. The Balaban J connectivity index is 1.87. The number of carbonyl (C=O) groups excluding carboxylic acids is 2. The lowest BCUT2D eigenvalue weighted by atomic mass is 10.2. The highest BCUT2D eigenvalue weighted by Gasteiger charge is 2.13. The van der Waals surface area contributed by atoms with Crippen LogP contribution in [0, 0.1) is 0 Å². The monoisotopic (exact) mass is 407 g/mol. The zero-order chi connectivity index (χ0) is 18.2. The van der Waals surface area contributed by atoms with Crippen molar-refractivity contribution in [2.24, 2.45) is 0 Å². The van der Waals surface area contributed by atoms with Crippen LogP contribution in [0.1, 0.15) is 15.9 Å². The summed E-state index contributed by atoms with van der Waals surface area (Å²) in [6.45, 7) is -0.0187. The van der Waals surface area contributed by atoms with Crippen molar-refractivity contribution in [3.63, 3.8) is 0 Å². The molecule has 2 aromatic rings. The van der Waals surface area contributed by atoms with E-state index in [1.807, 2.05) is 24.3 Å². The number of esters is 1. The molecule has 2 rings (SSSR count). The molecule has 0 aliphatic rings. The quantitative estimate of drug-likeness (QED) is 0.714. The Labute approximate surface area is 154 Å². The minimum Gasteiger partial charge on any atom is -0.497 e. The second-order valence-electron chi connectivity index (χ2n) is 5.08. The Bertz CT molecular complexity index is 741. The summed E-state index contributed by atoms with van der Waals surface area (Å²) >= 11 is 3.37. The highest BCUT2D eigenvalue weighted by molar-refractivity contribution is 9.10. The lowest BCUT2D eigenvalue weighted by Gasteiger charge is -2.09. The predicted octanol–water partition coefficient (Wildman–Crippen LogP) is 2.94. The van der Waals surface area contributed by atoms with Crippen molar-refractivity contribution in [1.82, 2.24) is 5.32 Å². The standard InChI is InChI=1S/C18H18BrNO5/c1-23-15-7-13(8-16(9-15)24-2)18(22)25-11-17(21)20-10-12-4-3-5-14(19)6-12/h3-9H,10-11H2,1-2H3,(H,20,21). The fraction of sp³-hybridized carbons (Fsp3) is 0.222. The van der Waals surface area contributed by atoms with Gasteiger partial charge in [0.1, 0.15) is 11.5 Å². The molecule has 1 N–H and O–H groups in total. The van der Waals surface area contributed by atoms with Crippen LogP contribution in [0.4, 0.5) is 0 Å². The van der Waals surface area contributed by atoms with Crippen LogP contribution in [-0.2, 0) is 16.1 Å². The van der Waals surface area contributed by atoms with Crippen molar-refractivity contribution in [2.75, 3.05) is 20.8 Å². The molecule has 6 nitrogen and oxygen atoms in total. The SMILES string of the molecule is COc1cc(OC)cc(C(=O)OCC(=O)NCc2cccc(Br)c2)c1. The number of halogens is 1. The van der Waals surface area contributed by atoms with Gasteiger partial charge in [-0.05, 0) is 29.8 Å². The molecular weight excluding hydrogens is 390 g/mol. The third kappa shape index (κ3) is 5.79. The van der Waals surface area contributed by atoms with Gasteiger partial charge in [0.2, 0.25) is 0 Å². The molecule has 25 heavy (non-hydrogen) atoms. The van der Waals surface area contributed by atoms with Gasteiger partial charge in [-0.2, -0.15) is 0 Å². The number of methoxy groups -OCH3 is 2. The smallest absolute Gasteiger partial charge is 0.338 e. The summed E-state index contributed by atoms with van der Waals surface area (Å²) in [7, 11) is 2.97. The summed E-state index contributed by atoms with van der Waals surface area (Å²) in [4.78, 5) is 23.9. The predicted molar refractivity (Wildman–Crippen MR) is 95.8 cm³/mol. The number of nitrogens with one attached hydrogen (secondary N) is 1. The average Bonchev–Trinajstić information content (AvgIpc) is 2.63. The molecule has 132 valence electrons. The number of amides is 1. The summed E-state index contributed by atoms with van der Waals surface area (Å²) in [5.41, 5.74) is 1.18. The van der Waals surface area contributed by atoms with E-state index in [0.29, 0.717) is 18.0 Å². The van der Waals surface area contributed by atoms with Gasteiger partial charge in [0.25, 0.3) is 5.91 Å². The van der Waals surface area contributed by atoms with E-state index < -0.39 is 5.97 Å². The first-order valence-electron chi connectivity index (χ1n) is 7.43. The lowest BCUT2D eigenvalue weighted by molar-refractivity contribution is -0.124. The van der Waals surface area contributed by atoms with Crippen molar-refractivity contribution in [1.29, 1.82) is 0 Å². The minimum atomic E-state index is -0.630. The van der Waals surface area contributed by atoms with Gasteiger partial charge in [0.05, 0.1) is 19.8 Å². The number of hydrogen-bond acceptors (Lipinski definition) is 5. The second kappa shape index (κ2) is 9.08. The van der Waals surface area contributed by atoms with E-state index in [1.54, 1.807) is 6.07 Å². The van der Waals surface area contributed by atoms with Crippen molar-refractivity contribution in [2.45, 2.75) is 6.54 Å². The van der Waals surface area contributed by atoms with Gasteiger partial charge in [-0.1, -0.05) is 28.1 Å². The topological polar surface area (TPSA) is 73.9 Å². The molecule has 0 aromatic heterocycles. The highest BCUT2D eigenvalue weighted by Crippen LogP contribution is 2.22. The first-order chi connectivity index (χ1) is 12.0. The Morgan fingerprint density at radius 3 is 2.32 bits per heavy atom. The van der Waals surface area contributed by atoms with Crippen LogP contribution < -0.4 is 14.8 Å². The maximum absolute atomic E-state index is 12.1. The normalized spacial score (nSPS) is 10.0.